The molecule has 3 heteroatoms. The maximum absolute atomic E-state index is 4.20. The molecule has 112 valence electrons. The monoisotopic (exact) mass is 292 g/mol. The van der Waals surface area contributed by atoms with Gasteiger partial charge in [-0.05, 0) is 25.1 Å². The van der Waals surface area contributed by atoms with Crippen molar-refractivity contribution in [3.63, 3.8) is 0 Å². The number of H-pyrrole nitrogens is 1. The van der Waals surface area contributed by atoms with Crippen molar-refractivity contribution in [2.24, 2.45) is 0 Å². The molecular weight excluding hydrogens is 270 g/mol. The summed E-state index contributed by atoms with van der Waals surface area (Å²) in [6.45, 7) is 4.72. The maximum Gasteiger partial charge on any atom is 0.141 e. The molecule has 1 saturated heterocycles. The second kappa shape index (κ2) is 5.58. The summed E-state index contributed by atoms with van der Waals surface area (Å²) in [6, 6.07) is 13.4. The largest absolute Gasteiger partial charge is 0.358 e. The molecule has 1 fully saturated rings. The number of pyridine rings is 1. The van der Waals surface area contributed by atoms with E-state index in [1.165, 1.54) is 53.7 Å². The third-order valence-corrected chi connectivity index (χ3v) is 4.93. The highest BCUT2D eigenvalue weighted by atomic mass is 15.2. The van der Waals surface area contributed by atoms with Crippen molar-refractivity contribution >= 4 is 10.9 Å². The Morgan fingerprint density at radius 3 is 2.55 bits per heavy atom. The standard InChI is InChI=1S/C19H21N3/c1-14-18(16-6-2-3-7-17(16)21-14)19(22-12-4-5-13-22)15-8-10-20-11-9-15/h2-3,6-11,19,21H,4-5,12-13H2,1H3/p+1/t19-/m1/s1. The lowest BCUT2D eigenvalue weighted by atomic mass is 9.95. The summed E-state index contributed by atoms with van der Waals surface area (Å²) in [4.78, 5) is 9.45. The number of aromatic amines is 1. The Balaban J connectivity index is 1.91. The Labute approximate surface area is 131 Å². The molecule has 4 rings (SSSR count). The molecule has 1 aromatic carbocycles. The van der Waals surface area contributed by atoms with E-state index < -0.39 is 0 Å². The van der Waals surface area contributed by atoms with Gasteiger partial charge in [0.25, 0.3) is 0 Å². The fourth-order valence-electron chi connectivity index (χ4n) is 3.95. The number of hydrogen-bond acceptors (Lipinski definition) is 1. The molecule has 0 unspecified atom stereocenters. The van der Waals surface area contributed by atoms with Crippen molar-refractivity contribution in [3.8, 4) is 0 Å². The lowest BCUT2D eigenvalue weighted by Gasteiger charge is -2.25. The lowest BCUT2D eigenvalue weighted by molar-refractivity contribution is -0.913. The van der Waals surface area contributed by atoms with E-state index in [9.17, 15) is 0 Å². The van der Waals surface area contributed by atoms with Gasteiger partial charge in [-0.25, -0.2) is 0 Å². The number of hydrogen-bond donors (Lipinski definition) is 2. The molecule has 3 heterocycles. The van der Waals surface area contributed by atoms with Crippen LogP contribution in [0.1, 0.15) is 35.7 Å². The van der Waals surface area contributed by atoms with Crippen LogP contribution in [0.5, 0.6) is 0 Å². The fraction of sp³-hybridized carbons (Fsp3) is 0.316. The molecule has 1 aliphatic heterocycles. The van der Waals surface area contributed by atoms with Crippen LogP contribution in [0.15, 0.2) is 48.8 Å². The van der Waals surface area contributed by atoms with Crippen molar-refractivity contribution in [1.29, 1.82) is 0 Å². The highest BCUT2D eigenvalue weighted by Gasteiger charge is 2.32. The van der Waals surface area contributed by atoms with Crippen LogP contribution in [-0.4, -0.2) is 23.1 Å². The quantitative estimate of drug-likeness (QED) is 0.764. The molecule has 1 aliphatic rings. The highest BCUT2D eigenvalue weighted by Crippen LogP contribution is 2.30. The Morgan fingerprint density at radius 1 is 1.05 bits per heavy atom. The van der Waals surface area contributed by atoms with Crippen molar-refractivity contribution in [1.82, 2.24) is 9.97 Å². The third-order valence-electron chi connectivity index (χ3n) is 4.93. The number of fused-ring (bicyclic) bond motifs is 1. The lowest BCUT2D eigenvalue weighted by Crippen LogP contribution is -3.10. The summed E-state index contributed by atoms with van der Waals surface area (Å²) in [5, 5.41) is 1.36. The van der Waals surface area contributed by atoms with Gasteiger partial charge in [0, 0.05) is 53.0 Å². The van der Waals surface area contributed by atoms with Crippen LogP contribution in [0.25, 0.3) is 10.9 Å². The minimum Gasteiger partial charge on any atom is -0.358 e. The Hall–Kier alpha value is -2.13. The van der Waals surface area contributed by atoms with Crippen LogP contribution in [0, 0.1) is 6.92 Å². The molecule has 0 radical (unpaired) electrons. The Morgan fingerprint density at radius 2 is 1.77 bits per heavy atom. The molecule has 3 nitrogen and oxygen atoms in total. The van der Waals surface area contributed by atoms with Crippen LogP contribution in [0.3, 0.4) is 0 Å². The predicted octanol–water partition coefficient (Wildman–Crippen LogP) is 2.64. The van der Waals surface area contributed by atoms with Crippen LogP contribution in [-0.2, 0) is 0 Å². The van der Waals surface area contributed by atoms with Crippen molar-refractivity contribution in [2.75, 3.05) is 13.1 Å². The number of rotatable bonds is 3. The summed E-state index contributed by atoms with van der Waals surface area (Å²) >= 11 is 0. The van der Waals surface area contributed by atoms with Gasteiger partial charge in [-0.3, -0.25) is 4.98 Å². The second-order valence-electron chi connectivity index (χ2n) is 6.29. The number of aromatic nitrogens is 2. The molecule has 3 aromatic rings. The normalized spacial score (nSPS) is 17.1. The number of likely N-dealkylation sites (tertiary alicyclic amines) is 1. The zero-order valence-corrected chi connectivity index (χ0v) is 13.0. The first-order valence-corrected chi connectivity index (χ1v) is 8.16. The van der Waals surface area contributed by atoms with E-state index >= 15 is 0 Å². The smallest absolute Gasteiger partial charge is 0.141 e. The van der Waals surface area contributed by atoms with Gasteiger partial charge in [0.1, 0.15) is 6.04 Å². The molecular formula is C19H22N3+. The highest BCUT2D eigenvalue weighted by molar-refractivity contribution is 5.85. The minimum atomic E-state index is 0.404. The van der Waals surface area contributed by atoms with Gasteiger partial charge in [-0.2, -0.15) is 0 Å². The first-order valence-electron chi connectivity index (χ1n) is 8.16. The SMILES string of the molecule is Cc1[nH]c2ccccc2c1[C@@H](c1ccncc1)[NH+]1CCCC1. The van der Waals surface area contributed by atoms with Gasteiger partial charge in [0.15, 0.2) is 0 Å². The summed E-state index contributed by atoms with van der Waals surface area (Å²) in [5.74, 6) is 0. The summed E-state index contributed by atoms with van der Waals surface area (Å²) in [7, 11) is 0. The molecule has 2 aromatic heterocycles. The minimum absolute atomic E-state index is 0.404. The Kier molecular flexibility index (Phi) is 3.43. The molecule has 0 aliphatic carbocycles. The molecule has 1 atom stereocenters. The van der Waals surface area contributed by atoms with E-state index in [4.69, 9.17) is 0 Å². The average molecular weight is 292 g/mol. The molecule has 2 N–H and O–H groups in total. The molecule has 0 spiro atoms. The number of aryl methyl sites for hydroxylation is 1. The van der Waals surface area contributed by atoms with Gasteiger partial charge < -0.3 is 9.88 Å². The van der Waals surface area contributed by atoms with Crippen LogP contribution < -0.4 is 4.90 Å². The maximum atomic E-state index is 4.20. The van der Waals surface area contributed by atoms with Gasteiger partial charge in [0.05, 0.1) is 13.1 Å². The fourth-order valence-corrected chi connectivity index (χ4v) is 3.95. The van der Waals surface area contributed by atoms with Gasteiger partial charge in [0.2, 0.25) is 0 Å². The van der Waals surface area contributed by atoms with E-state index in [-0.39, 0.29) is 0 Å². The average Bonchev–Trinajstić information content (AvgIpc) is 3.18. The number of quaternary nitrogens is 1. The molecule has 0 amide bonds. The van der Waals surface area contributed by atoms with E-state index in [1.54, 1.807) is 4.90 Å². The van der Waals surface area contributed by atoms with Crippen LogP contribution in [0.4, 0.5) is 0 Å². The molecule has 22 heavy (non-hydrogen) atoms. The first-order chi connectivity index (χ1) is 10.8. The number of nitrogens with one attached hydrogen (secondary N) is 2. The van der Waals surface area contributed by atoms with Crippen molar-refractivity contribution < 1.29 is 4.90 Å². The molecule has 0 bridgehead atoms. The van der Waals surface area contributed by atoms with Gasteiger partial charge >= 0.3 is 0 Å². The second-order valence-corrected chi connectivity index (χ2v) is 6.29. The van der Waals surface area contributed by atoms with Gasteiger partial charge in [-0.15, -0.1) is 0 Å². The summed E-state index contributed by atoms with van der Waals surface area (Å²) < 4.78 is 0. The van der Waals surface area contributed by atoms with E-state index in [1.807, 2.05) is 12.4 Å². The van der Waals surface area contributed by atoms with Crippen molar-refractivity contribution in [3.05, 3.63) is 65.6 Å². The van der Waals surface area contributed by atoms with E-state index in [0.29, 0.717) is 6.04 Å². The zero-order chi connectivity index (χ0) is 14.9. The van der Waals surface area contributed by atoms with E-state index in [2.05, 4.69) is 53.3 Å². The molecule has 0 saturated carbocycles. The zero-order valence-electron chi connectivity index (χ0n) is 13.0. The first kappa shape index (κ1) is 13.5. The van der Waals surface area contributed by atoms with E-state index in [0.717, 1.165) is 0 Å². The summed E-state index contributed by atoms with van der Waals surface area (Å²) in [5.41, 5.74) is 5.37. The summed E-state index contributed by atoms with van der Waals surface area (Å²) in [6.07, 6.45) is 6.50. The number of nitrogens with zero attached hydrogens (tertiary/aromatic N) is 1. The van der Waals surface area contributed by atoms with Crippen LogP contribution in [0.2, 0.25) is 0 Å². The predicted molar refractivity (Wildman–Crippen MR) is 89.0 cm³/mol. The van der Waals surface area contributed by atoms with Gasteiger partial charge in [-0.1, -0.05) is 18.2 Å². The topological polar surface area (TPSA) is 33.1 Å². The Bertz CT molecular complexity index is 770. The van der Waals surface area contributed by atoms with Crippen LogP contribution >= 0.6 is 0 Å². The number of benzene rings is 1. The number of para-hydroxylation sites is 1. The third kappa shape index (κ3) is 2.22. The van der Waals surface area contributed by atoms with Crippen molar-refractivity contribution in [2.45, 2.75) is 25.8 Å².